The number of benzene rings is 8. The van der Waals surface area contributed by atoms with E-state index in [0.29, 0.717) is 0 Å². The Labute approximate surface area is 353 Å². The fourth-order valence-corrected chi connectivity index (χ4v) is 11.6. The summed E-state index contributed by atoms with van der Waals surface area (Å²) in [6.07, 6.45) is 0. The number of anilines is 2. The van der Waals surface area contributed by atoms with Gasteiger partial charge in [-0.05, 0) is 92.8 Å². The molecule has 0 saturated carbocycles. The summed E-state index contributed by atoms with van der Waals surface area (Å²) in [5, 5.41) is 11.3. The van der Waals surface area contributed by atoms with Crippen LogP contribution >= 0.6 is 11.3 Å². The second-order valence-corrected chi connectivity index (χ2v) is 19.5. The van der Waals surface area contributed by atoms with Gasteiger partial charge in [0.25, 0.3) is 0 Å². The average Bonchev–Trinajstić information content (AvgIpc) is 3.96. The zero-order chi connectivity index (χ0) is 40.2. The molecular weight excluding hydrogens is 747 g/mol. The lowest BCUT2D eigenvalue weighted by molar-refractivity contribution is 0.590. The summed E-state index contributed by atoms with van der Waals surface area (Å²) in [5.74, 6) is 0. The summed E-state index contributed by atoms with van der Waals surface area (Å²) in [4.78, 5) is 0. The second-order valence-electron chi connectivity index (χ2n) is 18.4. The SMILES string of the molecule is CC(C)(C)c1ccc(Nc2cc3sc4ccccc4c3cc2-c2ccc3c4cc5c(cc4n4c3c2[B]c2cc3c(cc2-4)-c2ccccc2C3(C)C)oc2ccccc25)cc1. The van der Waals surface area contributed by atoms with Crippen molar-refractivity contribution in [1.82, 2.24) is 4.57 Å². The molecule has 0 amide bonds. The van der Waals surface area contributed by atoms with Crippen LogP contribution in [-0.2, 0) is 10.8 Å². The van der Waals surface area contributed by atoms with Gasteiger partial charge in [-0.3, -0.25) is 0 Å². The third-order valence-electron chi connectivity index (χ3n) is 13.6. The summed E-state index contributed by atoms with van der Waals surface area (Å²) in [6, 6.07) is 54.3. The van der Waals surface area contributed by atoms with Crippen molar-refractivity contribution in [1.29, 1.82) is 0 Å². The van der Waals surface area contributed by atoms with Gasteiger partial charge in [0.15, 0.2) is 7.28 Å². The number of nitrogens with zero attached hydrogens (tertiary/aromatic N) is 1. The molecule has 1 N–H and O–H groups in total. The van der Waals surface area contributed by atoms with Crippen molar-refractivity contribution < 1.29 is 4.42 Å². The molecule has 0 spiro atoms. The maximum absolute atomic E-state index is 6.57. The smallest absolute Gasteiger partial charge is 0.197 e. The van der Waals surface area contributed by atoms with Crippen molar-refractivity contribution in [2.45, 2.75) is 45.4 Å². The highest BCUT2D eigenvalue weighted by Gasteiger charge is 2.38. The topological polar surface area (TPSA) is 30.1 Å². The van der Waals surface area contributed by atoms with Crippen LogP contribution in [0.4, 0.5) is 11.4 Å². The predicted octanol–water partition coefficient (Wildman–Crippen LogP) is 14.0. The van der Waals surface area contributed by atoms with Gasteiger partial charge in [-0.1, -0.05) is 131 Å². The Morgan fingerprint density at radius 3 is 2.22 bits per heavy atom. The minimum absolute atomic E-state index is 0.0795. The van der Waals surface area contributed by atoms with Crippen molar-refractivity contribution in [2.75, 3.05) is 5.32 Å². The molecule has 5 heteroatoms. The van der Waals surface area contributed by atoms with Gasteiger partial charge >= 0.3 is 0 Å². The summed E-state index contributed by atoms with van der Waals surface area (Å²) >= 11 is 1.86. The molecule has 2 aliphatic rings. The molecule has 0 bridgehead atoms. The number of fused-ring (bicyclic) bond motifs is 14. The van der Waals surface area contributed by atoms with E-state index in [1.165, 1.54) is 92.0 Å². The zero-order valence-corrected chi connectivity index (χ0v) is 35.0. The van der Waals surface area contributed by atoms with Gasteiger partial charge in [-0.2, -0.15) is 0 Å². The van der Waals surface area contributed by atoms with Crippen LogP contribution in [-0.4, -0.2) is 11.8 Å². The largest absolute Gasteiger partial charge is 0.456 e. The minimum atomic E-state index is -0.117. The lowest BCUT2D eigenvalue weighted by Crippen LogP contribution is -2.38. The van der Waals surface area contributed by atoms with Crippen LogP contribution in [0.1, 0.15) is 51.3 Å². The third kappa shape index (κ3) is 4.67. The molecule has 11 aromatic rings. The quantitative estimate of drug-likeness (QED) is 0.181. The Balaban J connectivity index is 1.11. The minimum Gasteiger partial charge on any atom is -0.456 e. The molecule has 13 rings (SSSR count). The van der Waals surface area contributed by atoms with Gasteiger partial charge in [0.2, 0.25) is 0 Å². The van der Waals surface area contributed by atoms with E-state index in [0.717, 1.165) is 38.8 Å². The molecule has 1 aliphatic carbocycles. The molecule has 0 fully saturated rings. The van der Waals surface area contributed by atoms with Gasteiger partial charge in [0, 0.05) is 81.3 Å². The molecule has 0 atom stereocenters. The predicted molar refractivity (Wildman–Crippen MR) is 257 cm³/mol. The third-order valence-corrected chi connectivity index (χ3v) is 14.7. The number of hydrogen-bond acceptors (Lipinski definition) is 3. The van der Waals surface area contributed by atoms with Gasteiger partial charge in [-0.25, -0.2) is 0 Å². The number of nitrogens with one attached hydrogen (secondary N) is 1. The van der Waals surface area contributed by atoms with E-state index < -0.39 is 0 Å². The highest BCUT2D eigenvalue weighted by atomic mass is 32.1. The van der Waals surface area contributed by atoms with Gasteiger partial charge in [0.1, 0.15) is 11.2 Å². The van der Waals surface area contributed by atoms with Crippen LogP contribution in [0, 0.1) is 0 Å². The Kier molecular flexibility index (Phi) is 6.75. The first-order valence-corrected chi connectivity index (χ1v) is 21.8. The normalized spacial score (nSPS) is 14.0. The first-order chi connectivity index (χ1) is 29.1. The van der Waals surface area contributed by atoms with E-state index in [4.69, 9.17) is 4.42 Å². The highest BCUT2D eigenvalue weighted by molar-refractivity contribution is 7.25. The van der Waals surface area contributed by atoms with Crippen molar-refractivity contribution in [3.8, 4) is 27.9 Å². The lowest BCUT2D eigenvalue weighted by atomic mass is 9.58. The van der Waals surface area contributed by atoms with Crippen LogP contribution in [0.5, 0.6) is 0 Å². The maximum Gasteiger partial charge on any atom is 0.197 e. The Hall–Kier alpha value is -6.56. The first-order valence-electron chi connectivity index (χ1n) is 21.0. The summed E-state index contributed by atoms with van der Waals surface area (Å²) in [5.41, 5.74) is 19.2. The van der Waals surface area contributed by atoms with Crippen molar-refractivity contribution in [3.63, 3.8) is 0 Å². The van der Waals surface area contributed by atoms with Gasteiger partial charge in [-0.15, -0.1) is 11.3 Å². The van der Waals surface area contributed by atoms with E-state index in [9.17, 15) is 0 Å². The molecule has 3 nitrogen and oxygen atoms in total. The second kappa shape index (κ2) is 11.8. The number of rotatable bonds is 3. The first kappa shape index (κ1) is 34.3. The van der Waals surface area contributed by atoms with Crippen LogP contribution in [0.3, 0.4) is 0 Å². The highest BCUT2D eigenvalue weighted by Crippen LogP contribution is 2.50. The van der Waals surface area contributed by atoms with Crippen LogP contribution in [0.2, 0.25) is 0 Å². The number of thiophene rings is 1. The van der Waals surface area contributed by atoms with E-state index >= 15 is 0 Å². The molecule has 4 heterocycles. The van der Waals surface area contributed by atoms with Gasteiger partial charge in [0.05, 0.1) is 5.52 Å². The molecular formula is C55H40BN2OS. The summed E-state index contributed by atoms with van der Waals surface area (Å²) in [6.45, 7) is 11.6. The average molecular weight is 788 g/mol. The maximum atomic E-state index is 6.57. The van der Waals surface area contributed by atoms with E-state index in [1.54, 1.807) is 0 Å². The fourth-order valence-electron chi connectivity index (χ4n) is 10.5. The monoisotopic (exact) mass is 787 g/mol. The van der Waals surface area contributed by atoms with Gasteiger partial charge < -0.3 is 14.3 Å². The lowest BCUT2D eigenvalue weighted by Gasteiger charge is -2.27. The molecule has 1 aliphatic heterocycles. The molecule has 8 aromatic carbocycles. The van der Waals surface area contributed by atoms with Crippen molar-refractivity contribution >= 4 is 105 Å². The number of aromatic nitrogens is 1. The van der Waals surface area contributed by atoms with E-state index in [1.807, 2.05) is 11.3 Å². The standard InChI is InChI=1S/C55H40BN2OS/c1-54(2,3)30-18-20-31(21-19-30)57-45-28-51-41(34-14-8-11-17-50(34)60-51)24-38(45)35-22-23-36-39-25-40-33-13-7-10-16-48(33)59-49(40)29-46(39)58-47-26-37-32-12-6-9-15-42(32)55(4,5)43(37)27-44(47)56-52(35)53(36)58/h6-29,57H,1-5H3. The Morgan fingerprint density at radius 1 is 0.583 bits per heavy atom. The fraction of sp³-hybridized carbons (Fsp3) is 0.127. The number of hydrogen-bond donors (Lipinski definition) is 1. The molecule has 0 saturated heterocycles. The van der Waals surface area contributed by atoms with Crippen LogP contribution in [0.15, 0.2) is 150 Å². The van der Waals surface area contributed by atoms with Crippen molar-refractivity contribution in [3.05, 3.63) is 162 Å². The Bertz CT molecular complexity index is 3670. The molecule has 3 aromatic heterocycles. The van der Waals surface area contributed by atoms with E-state index in [2.05, 4.69) is 197 Å². The summed E-state index contributed by atoms with van der Waals surface area (Å²) in [7, 11) is 2.47. The zero-order valence-electron chi connectivity index (χ0n) is 34.2. The summed E-state index contributed by atoms with van der Waals surface area (Å²) < 4.78 is 11.7. The Morgan fingerprint density at radius 2 is 1.37 bits per heavy atom. The van der Waals surface area contributed by atoms with Crippen molar-refractivity contribution in [2.24, 2.45) is 0 Å². The number of furan rings is 1. The molecule has 0 unspecified atom stereocenters. The number of para-hydroxylation sites is 1. The molecule has 285 valence electrons. The van der Waals surface area contributed by atoms with E-state index in [-0.39, 0.29) is 10.8 Å². The molecule has 1 radical (unpaired) electrons. The molecule has 60 heavy (non-hydrogen) atoms. The van der Waals surface area contributed by atoms with Crippen LogP contribution < -0.4 is 16.2 Å². The van der Waals surface area contributed by atoms with Crippen LogP contribution in [0.25, 0.3) is 91.9 Å².